The average Bonchev–Trinajstić information content (AvgIpc) is 3.43. The fourth-order valence-electron chi connectivity index (χ4n) is 4.47. The van der Waals surface area contributed by atoms with Crippen LogP contribution in [0.2, 0.25) is 0 Å². The SMILES string of the molecule is CNC(=O)c1ccccc1Sc1ccc2c(/C=C/c3ccccn3)nn(P(=O)(N[C@@H](C)C(=O)OC)Oc3ccc(C)cc3)c2c1. The van der Waals surface area contributed by atoms with Gasteiger partial charge in [-0.2, -0.15) is 9.55 Å². The van der Waals surface area contributed by atoms with Gasteiger partial charge in [0, 0.05) is 28.4 Å². The van der Waals surface area contributed by atoms with E-state index in [-0.39, 0.29) is 5.91 Å². The van der Waals surface area contributed by atoms with E-state index in [1.807, 2.05) is 73.7 Å². The fourth-order valence-corrected chi connectivity index (χ4v) is 7.35. The zero-order chi connectivity index (χ0) is 32.0. The van der Waals surface area contributed by atoms with Crippen LogP contribution in [0.15, 0.2) is 101 Å². The third kappa shape index (κ3) is 7.34. The second-order valence-electron chi connectivity index (χ2n) is 10.0. The number of hydrogen-bond donors (Lipinski definition) is 2. The maximum atomic E-state index is 14.9. The number of hydrogen-bond acceptors (Lipinski definition) is 8. The first-order valence-corrected chi connectivity index (χ1v) is 16.4. The Labute approximate surface area is 265 Å². The number of fused-ring (bicyclic) bond motifs is 1. The number of methoxy groups -OCH3 is 1. The minimum Gasteiger partial charge on any atom is -0.468 e. The van der Waals surface area contributed by atoms with E-state index in [1.165, 1.54) is 23.3 Å². The average molecular weight is 642 g/mol. The monoisotopic (exact) mass is 641 g/mol. The number of ether oxygens (including phenoxy) is 1. The van der Waals surface area contributed by atoms with E-state index in [1.54, 1.807) is 50.5 Å². The van der Waals surface area contributed by atoms with E-state index in [0.717, 1.165) is 21.0 Å². The molecule has 1 unspecified atom stereocenters. The topological polar surface area (TPSA) is 124 Å². The van der Waals surface area contributed by atoms with E-state index < -0.39 is 19.7 Å². The molecule has 10 nitrogen and oxygen atoms in total. The Morgan fingerprint density at radius 1 is 1.00 bits per heavy atom. The van der Waals surface area contributed by atoms with Gasteiger partial charge in [-0.25, -0.2) is 9.65 Å². The van der Waals surface area contributed by atoms with Gasteiger partial charge in [0.05, 0.1) is 29.6 Å². The number of carbonyl (C=O) groups is 2. The van der Waals surface area contributed by atoms with Gasteiger partial charge in [0.2, 0.25) is 0 Å². The lowest BCUT2D eigenvalue weighted by molar-refractivity contribution is -0.142. The molecule has 12 heteroatoms. The van der Waals surface area contributed by atoms with Crippen molar-refractivity contribution in [3.63, 3.8) is 0 Å². The first-order chi connectivity index (χ1) is 21.7. The normalized spacial score (nSPS) is 13.3. The van der Waals surface area contributed by atoms with E-state index in [4.69, 9.17) is 14.4 Å². The Hall–Kier alpha value is -4.70. The predicted molar refractivity (Wildman–Crippen MR) is 176 cm³/mol. The summed E-state index contributed by atoms with van der Waals surface area (Å²) < 4.78 is 27.3. The molecular weight excluding hydrogens is 609 g/mol. The van der Waals surface area contributed by atoms with Crippen molar-refractivity contribution in [2.75, 3.05) is 14.2 Å². The molecule has 2 heterocycles. The number of esters is 1. The lowest BCUT2D eigenvalue weighted by Gasteiger charge is -2.23. The largest absolute Gasteiger partial charge is 0.468 e. The summed E-state index contributed by atoms with van der Waals surface area (Å²) in [7, 11) is -1.31. The lowest BCUT2D eigenvalue weighted by Crippen LogP contribution is -2.36. The predicted octanol–water partition coefficient (Wildman–Crippen LogP) is 6.61. The van der Waals surface area contributed by atoms with Crippen molar-refractivity contribution in [1.82, 2.24) is 24.9 Å². The van der Waals surface area contributed by atoms with Crippen molar-refractivity contribution in [3.05, 3.63) is 114 Å². The molecule has 230 valence electrons. The molecule has 0 spiro atoms. The van der Waals surface area contributed by atoms with Crippen LogP contribution < -0.4 is 14.9 Å². The molecule has 0 saturated heterocycles. The number of pyridine rings is 1. The quantitative estimate of drug-likeness (QED) is 0.121. The van der Waals surface area contributed by atoms with Crippen LogP contribution in [0, 0.1) is 6.92 Å². The van der Waals surface area contributed by atoms with Crippen LogP contribution in [-0.2, 0) is 14.1 Å². The van der Waals surface area contributed by atoms with Crippen LogP contribution in [0.4, 0.5) is 0 Å². The highest BCUT2D eigenvalue weighted by Crippen LogP contribution is 2.48. The molecule has 0 aliphatic rings. The van der Waals surface area contributed by atoms with Gasteiger partial charge in [-0.1, -0.05) is 47.7 Å². The van der Waals surface area contributed by atoms with E-state index in [0.29, 0.717) is 27.9 Å². The molecule has 0 fully saturated rings. The van der Waals surface area contributed by atoms with Crippen molar-refractivity contribution in [2.45, 2.75) is 29.7 Å². The molecule has 5 rings (SSSR count). The summed E-state index contributed by atoms with van der Waals surface area (Å²) >= 11 is 1.38. The Bertz CT molecular complexity index is 1910. The summed E-state index contributed by atoms with van der Waals surface area (Å²) in [5.41, 5.74) is 3.24. The van der Waals surface area contributed by atoms with Crippen molar-refractivity contribution >= 4 is 54.4 Å². The van der Waals surface area contributed by atoms with E-state index in [9.17, 15) is 14.2 Å². The molecule has 3 aromatic carbocycles. The molecule has 2 atom stereocenters. The number of rotatable bonds is 11. The van der Waals surface area contributed by atoms with Crippen LogP contribution in [0.5, 0.6) is 5.75 Å². The van der Waals surface area contributed by atoms with E-state index in [2.05, 4.69) is 15.4 Å². The number of nitrogens with one attached hydrogen (secondary N) is 2. The fraction of sp³-hybridized carbons (Fsp3) is 0.152. The van der Waals surface area contributed by atoms with Gasteiger partial charge in [0.15, 0.2) is 0 Å². The van der Waals surface area contributed by atoms with Crippen molar-refractivity contribution in [1.29, 1.82) is 0 Å². The molecule has 0 saturated carbocycles. The van der Waals surface area contributed by atoms with Gasteiger partial charge < -0.3 is 14.6 Å². The molecule has 1 amide bonds. The number of amides is 1. The third-order valence-electron chi connectivity index (χ3n) is 6.76. The van der Waals surface area contributed by atoms with E-state index >= 15 is 0 Å². The summed E-state index contributed by atoms with van der Waals surface area (Å²) in [5.74, 6) is -0.493. The van der Waals surface area contributed by atoms with Crippen LogP contribution in [0.1, 0.15) is 34.2 Å². The maximum absolute atomic E-state index is 14.9. The first-order valence-electron chi connectivity index (χ1n) is 14.0. The number of aromatic nitrogens is 3. The highest BCUT2D eigenvalue weighted by molar-refractivity contribution is 7.99. The zero-order valence-corrected chi connectivity index (χ0v) is 26.8. The second-order valence-corrected chi connectivity index (χ2v) is 13.0. The molecule has 2 aromatic heterocycles. The van der Waals surface area contributed by atoms with Crippen molar-refractivity contribution < 1.29 is 23.4 Å². The Balaban J connectivity index is 1.67. The summed E-state index contributed by atoms with van der Waals surface area (Å²) in [4.78, 5) is 30.9. The van der Waals surface area contributed by atoms with Gasteiger partial charge in [0.1, 0.15) is 11.8 Å². The molecule has 0 radical (unpaired) electrons. The molecule has 5 aromatic rings. The zero-order valence-electron chi connectivity index (χ0n) is 25.1. The van der Waals surface area contributed by atoms with Crippen LogP contribution in [0.3, 0.4) is 0 Å². The minimum atomic E-state index is -4.15. The maximum Gasteiger partial charge on any atom is 0.440 e. The number of benzene rings is 3. The van der Waals surface area contributed by atoms with Crippen LogP contribution in [0.25, 0.3) is 23.1 Å². The second kappa shape index (κ2) is 13.9. The highest BCUT2D eigenvalue weighted by atomic mass is 32.2. The van der Waals surface area contributed by atoms with Crippen LogP contribution in [-0.4, -0.2) is 46.6 Å². The lowest BCUT2D eigenvalue weighted by atomic mass is 10.2. The number of carbonyl (C=O) groups excluding carboxylic acids is 2. The smallest absolute Gasteiger partial charge is 0.440 e. The Morgan fingerprint density at radius 3 is 2.47 bits per heavy atom. The molecule has 0 aliphatic heterocycles. The van der Waals surface area contributed by atoms with Crippen molar-refractivity contribution in [3.8, 4) is 5.75 Å². The molecule has 0 aliphatic carbocycles. The van der Waals surface area contributed by atoms with Gasteiger partial charge in [-0.05, 0) is 80.6 Å². The summed E-state index contributed by atoms with van der Waals surface area (Å²) in [6, 6.07) is 24.6. The Kier molecular flexibility index (Phi) is 9.83. The Morgan fingerprint density at radius 2 is 1.76 bits per heavy atom. The summed E-state index contributed by atoms with van der Waals surface area (Å²) in [6.45, 7) is 3.48. The highest BCUT2D eigenvalue weighted by Gasteiger charge is 2.35. The molecule has 2 N–H and O–H groups in total. The summed E-state index contributed by atoms with van der Waals surface area (Å²) in [6.07, 6.45) is 5.29. The minimum absolute atomic E-state index is 0.205. The van der Waals surface area contributed by atoms with Gasteiger partial charge in [0.25, 0.3) is 5.91 Å². The van der Waals surface area contributed by atoms with Crippen molar-refractivity contribution in [2.24, 2.45) is 0 Å². The van der Waals surface area contributed by atoms with Gasteiger partial charge >= 0.3 is 13.6 Å². The standard InChI is InChI=1S/C33H32N5O5PS/c1-22-12-15-25(16-13-22)43-44(41,37-23(2)33(40)42-4)38-30-21-26(45-31-11-6-5-10-28(31)32(39)34-3)17-18-27(30)29(36-38)19-14-24-9-7-8-20-35-24/h5-21,23H,1-4H3,(H,34,39)(H,37,41)/b19-14+/t23-,44?/m0/s1. The number of nitrogens with zero attached hydrogens (tertiary/aromatic N) is 3. The molecule has 45 heavy (non-hydrogen) atoms. The van der Waals surface area contributed by atoms with Crippen LogP contribution >= 0.6 is 19.4 Å². The molecular formula is C33H32N5O5PS. The summed E-state index contributed by atoms with van der Waals surface area (Å²) in [5, 5.41) is 11.0. The number of aryl methyl sites for hydroxylation is 1. The first kappa shape index (κ1) is 31.7. The van der Waals surface area contributed by atoms with Gasteiger partial charge in [-0.3, -0.25) is 14.6 Å². The molecule has 0 bridgehead atoms. The van der Waals surface area contributed by atoms with Gasteiger partial charge in [-0.15, -0.1) is 0 Å². The third-order valence-corrected chi connectivity index (χ3v) is 9.80.